The Bertz CT molecular complexity index is 694. The molecular formula is C12H15N2O5S+. The lowest BCUT2D eigenvalue weighted by atomic mass is 10.1. The quantitative estimate of drug-likeness (QED) is 0.548. The summed E-state index contributed by atoms with van der Waals surface area (Å²) in [6, 6.07) is 6.64. The van der Waals surface area contributed by atoms with Crippen molar-refractivity contribution in [3.63, 3.8) is 0 Å². The van der Waals surface area contributed by atoms with Gasteiger partial charge in [0.15, 0.2) is 0 Å². The number of amidine groups is 1. The minimum Gasteiger partial charge on any atom is -0.507 e. The highest BCUT2D eigenvalue weighted by atomic mass is 32.3. The maximum Gasteiger partial charge on any atom is 0.401 e. The summed E-state index contributed by atoms with van der Waals surface area (Å²) in [6.07, 6.45) is 0.358. The van der Waals surface area contributed by atoms with Gasteiger partial charge in [-0.2, -0.15) is 12.6 Å². The normalized spacial score (nSPS) is 19.1. The molecule has 0 bridgehead atoms. The first kappa shape index (κ1) is 14.5. The fraction of sp³-hybridized carbons (Fsp3) is 0.250. The van der Waals surface area contributed by atoms with Crippen molar-refractivity contribution in [1.82, 2.24) is 5.32 Å². The molecule has 1 heterocycles. The first-order chi connectivity index (χ1) is 9.33. The fourth-order valence-electron chi connectivity index (χ4n) is 2.07. The first-order valence-electron chi connectivity index (χ1n) is 5.76. The third-order valence-corrected chi connectivity index (χ3v) is 3.40. The molecule has 1 aliphatic heterocycles. The van der Waals surface area contributed by atoms with Crippen molar-refractivity contribution in [2.45, 2.75) is 6.23 Å². The van der Waals surface area contributed by atoms with E-state index in [9.17, 15) is 13.5 Å². The Kier molecular flexibility index (Phi) is 3.80. The molecule has 8 heteroatoms. The van der Waals surface area contributed by atoms with Gasteiger partial charge >= 0.3 is 10.4 Å². The predicted molar refractivity (Wildman–Crippen MR) is 72.7 cm³/mol. The van der Waals surface area contributed by atoms with Crippen LogP contribution in [0.1, 0.15) is 17.4 Å². The highest BCUT2D eigenvalue weighted by molar-refractivity contribution is 7.80. The number of nitrogens with one attached hydrogen (secondary N) is 1. The van der Waals surface area contributed by atoms with Crippen LogP contribution in [0.4, 0.5) is 0 Å². The number of nitrogens with zero attached hydrogens (tertiary/aromatic N) is 1. The van der Waals surface area contributed by atoms with Crippen LogP contribution < -0.4 is 5.32 Å². The number of fused-ring (bicyclic) bond motifs is 1. The predicted octanol–water partition coefficient (Wildman–Crippen LogP) is 0.677. The summed E-state index contributed by atoms with van der Waals surface area (Å²) in [5.74, 6) is 0.408. The van der Waals surface area contributed by atoms with Gasteiger partial charge < -0.3 is 5.11 Å². The molecule has 1 atom stereocenters. The molecule has 108 valence electrons. The monoisotopic (exact) mass is 299 g/mol. The summed E-state index contributed by atoms with van der Waals surface area (Å²) in [5, 5.41) is 12.9. The van der Waals surface area contributed by atoms with E-state index < -0.39 is 16.6 Å². The molecule has 0 saturated heterocycles. The van der Waals surface area contributed by atoms with Gasteiger partial charge in [-0.05, 0) is 0 Å². The summed E-state index contributed by atoms with van der Waals surface area (Å²) in [7, 11) is -1.45. The average molecular weight is 299 g/mol. The topological polar surface area (TPSA) is 98.9 Å². The molecule has 7 nitrogen and oxygen atoms in total. The fourth-order valence-corrected chi connectivity index (χ4v) is 2.53. The summed E-state index contributed by atoms with van der Waals surface area (Å²) in [6.45, 7) is 0. The molecule has 1 aromatic rings. The van der Waals surface area contributed by atoms with Gasteiger partial charge in [-0.15, -0.1) is 0 Å². The van der Waals surface area contributed by atoms with Crippen LogP contribution in [0.5, 0.6) is 0 Å². The van der Waals surface area contributed by atoms with Crippen molar-refractivity contribution in [2.75, 3.05) is 14.1 Å². The largest absolute Gasteiger partial charge is 0.507 e. The van der Waals surface area contributed by atoms with Gasteiger partial charge in [0, 0.05) is 11.1 Å². The molecule has 3 N–H and O–H groups in total. The van der Waals surface area contributed by atoms with Crippen LogP contribution in [0.15, 0.2) is 30.3 Å². The summed E-state index contributed by atoms with van der Waals surface area (Å²) < 4.78 is 37.2. The molecule has 1 aliphatic rings. The van der Waals surface area contributed by atoms with Gasteiger partial charge in [-0.3, -0.25) is 9.87 Å². The standard InChI is InChI=1S/C12H14N2O5S/c1-13-11-7-10(15)8-5-3-4-6-9(8)12(14(11)2)19-20(16,17)18/h3-7,12H,1-2H3,(H2,13,15,16,17,18)/p+1. The van der Waals surface area contributed by atoms with Crippen molar-refractivity contribution in [3.8, 4) is 0 Å². The molecule has 0 aliphatic carbocycles. The summed E-state index contributed by atoms with van der Waals surface area (Å²) in [4.78, 5) is 0. The second kappa shape index (κ2) is 5.23. The van der Waals surface area contributed by atoms with Gasteiger partial charge in [-0.25, -0.2) is 4.58 Å². The van der Waals surface area contributed by atoms with Crippen molar-refractivity contribution in [1.29, 1.82) is 0 Å². The van der Waals surface area contributed by atoms with E-state index in [0.29, 0.717) is 17.0 Å². The number of aliphatic hydroxyl groups excluding tert-OH is 1. The number of benzene rings is 1. The van der Waals surface area contributed by atoms with Crippen molar-refractivity contribution in [2.24, 2.45) is 0 Å². The third-order valence-electron chi connectivity index (χ3n) is 2.98. The molecule has 0 spiro atoms. The minimum atomic E-state index is -4.65. The van der Waals surface area contributed by atoms with Crippen LogP contribution in [0.3, 0.4) is 0 Å². The van der Waals surface area contributed by atoms with Gasteiger partial charge in [0.1, 0.15) is 5.76 Å². The SMILES string of the molecule is CNC1=[N+](C)C(OS(=O)(=O)O)c2ccccc2C(O)=C1. The van der Waals surface area contributed by atoms with Crippen LogP contribution in [-0.4, -0.2) is 42.6 Å². The zero-order chi connectivity index (χ0) is 14.9. The van der Waals surface area contributed by atoms with Crippen molar-refractivity contribution < 1.29 is 26.8 Å². The van der Waals surface area contributed by atoms with E-state index >= 15 is 0 Å². The van der Waals surface area contributed by atoms with Crippen molar-refractivity contribution >= 4 is 22.0 Å². The first-order valence-corrected chi connectivity index (χ1v) is 7.13. The van der Waals surface area contributed by atoms with Crippen LogP contribution in [0.25, 0.3) is 5.76 Å². The van der Waals surface area contributed by atoms with E-state index in [2.05, 4.69) is 5.32 Å². The third kappa shape index (κ3) is 2.82. The number of hydrogen-bond acceptors (Lipinski definition) is 5. The molecular weight excluding hydrogens is 284 g/mol. The molecule has 1 unspecified atom stereocenters. The lowest BCUT2D eigenvalue weighted by molar-refractivity contribution is -0.585. The highest BCUT2D eigenvalue weighted by Crippen LogP contribution is 2.29. The van der Waals surface area contributed by atoms with Crippen LogP contribution >= 0.6 is 0 Å². The Hall–Kier alpha value is -1.90. The Morgan fingerprint density at radius 1 is 1.35 bits per heavy atom. The van der Waals surface area contributed by atoms with Gasteiger partial charge in [0.2, 0.25) is 6.23 Å². The van der Waals surface area contributed by atoms with E-state index in [-0.39, 0.29) is 5.76 Å². The maximum atomic E-state index is 11.0. The zero-order valence-electron chi connectivity index (χ0n) is 10.9. The molecule has 0 amide bonds. The van der Waals surface area contributed by atoms with Crippen LogP contribution in [0, 0.1) is 0 Å². The number of aliphatic hydroxyl groups is 1. The van der Waals surface area contributed by atoms with E-state index in [0.717, 1.165) is 0 Å². The molecule has 0 radical (unpaired) electrons. The second-order valence-corrected chi connectivity index (χ2v) is 5.29. The van der Waals surface area contributed by atoms with Gasteiger partial charge in [0.25, 0.3) is 5.84 Å². The van der Waals surface area contributed by atoms with Crippen LogP contribution in [0.2, 0.25) is 0 Å². The maximum absolute atomic E-state index is 11.0. The molecule has 2 rings (SSSR count). The lowest BCUT2D eigenvalue weighted by Gasteiger charge is -2.17. The zero-order valence-corrected chi connectivity index (χ0v) is 11.8. The highest BCUT2D eigenvalue weighted by Gasteiger charge is 2.31. The molecule has 0 fully saturated rings. The minimum absolute atomic E-state index is 0.0294. The molecule has 20 heavy (non-hydrogen) atoms. The number of hydrogen-bond donors (Lipinski definition) is 3. The van der Waals surface area contributed by atoms with E-state index in [1.54, 1.807) is 38.4 Å². The lowest BCUT2D eigenvalue weighted by Crippen LogP contribution is -2.31. The summed E-state index contributed by atoms with van der Waals surface area (Å²) in [5.41, 5.74) is 0.852. The Morgan fingerprint density at radius 3 is 2.60 bits per heavy atom. The van der Waals surface area contributed by atoms with Gasteiger partial charge in [0.05, 0.1) is 20.2 Å². The Labute approximate surface area is 116 Å². The second-order valence-electron chi connectivity index (χ2n) is 4.24. The molecule has 1 aromatic carbocycles. The van der Waals surface area contributed by atoms with E-state index in [4.69, 9.17) is 8.74 Å². The summed E-state index contributed by atoms with van der Waals surface area (Å²) >= 11 is 0. The molecule has 0 aromatic heterocycles. The number of likely N-dealkylation sites (N-methyl/N-ethyl adjacent to an activating group) is 1. The van der Waals surface area contributed by atoms with Crippen molar-refractivity contribution in [3.05, 3.63) is 41.5 Å². The van der Waals surface area contributed by atoms with Crippen LogP contribution in [-0.2, 0) is 14.6 Å². The van der Waals surface area contributed by atoms with E-state index in [1.807, 2.05) is 0 Å². The smallest absolute Gasteiger partial charge is 0.401 e. The van der Waals surface area contributed by atoms with Gasteiger partial charge in [-0.1, -0.05) is 24.3 Å². The molecule has 0 saturated carbocycles. The number of rotatable bonds is 2. The van der Waals surface area contributed by atoms with E-state index in [1.165, 1.54) is 10.7 Å². The Balaban J connectivity index is 2.66. The Morgan fingerprint density at radius 2 is 2.00 bits per heavy atom. The average Bonchev–Trinajstić information content (AvgIpc) is 2.48.